The first-order valence-electron chi connectivity index (χ1n) is 5.20. The Balaban J connectivity index is 2.48. The average Bonchev–Trinajstić information content (AvgIpc) is 2.27. The normalized spacial score (nSPS) is 11.3. The van der Waals surface area contributed by atoms with Gasteiger partial charge in [0, 0.05) is 0 Å². The van der Waals surface area contributed by atoms with Crippen LogP contribution in [0.15, 0.2) is 18.2 Å². The molecule has 6 nitrogen and oxygen atoms in total. The van der Waals surface area contributed by atoms with Gasteiger partial charge < -0.3 is 14.5 Å². The number of hydrogen-bond acceptors (Lipinski definition) is 4. The number of phosphoric acid groups is 1. The van der Waals surface area contributed by atoms with Crippen LogP contribution in [0.25, 0.3) is 0 Å². The van der Waals surface area contributed by atoms with Crippen LogP contribution in [-0.4, -0.2) is 28.8 Å². The SMILES string of the molecule is Cc1cccc(OCC(=O)COP(=O)(O)O)c1C. The fourth-order valence-electron chi connectivity index (χ4n) is 1.24. The fraction of sp³-hybridized carbons (Fsp3) is 0.364. The molecule has 18 heavy (non-hydrogen) atoms. The highest BCUT2D eigenvalue weighted by Crippen LogP contribution is 2.35. The van der Waals surface area contributed by atoms with Crippen molar-refractivity contribution in [2.45, 2.75) is 13.8 Å². The number of phosphoric ester groups is 1. The minimum atomic E-state index is -4.61. The van der Waals surface area contributed by atoms with Crippen LogP contribution in [0, 0.1) is 13.8 Å². The van der Waals surface area contributed by atoms with Crippen molar-refractivity contribution in [3.8, 4) is 5.75 Å². The first kappa shape index (κ1) is 14.9. The van der Waals surface area contributed by atoms with E-state index in [2.05, 4.69) is 4.52 Å². The predicted molar refractivity (Wildman–Crippen MR) is 64.4 cm³/mol. The fourth-order valence-corrected chi connectivity index (χ4v) is 1.55. The molecule has 0 unspecified atom stereocenters. The lowest BCUT2D eigenvalue weighted by Gasteiger charge is -2.10. The van der Waals surface area contributed by atoms with Gasteiger partial charge in [-0.25, -0.2) is 4.57 Å². The molecule has 0 spiro atoms. The Labute approximate surface area is 105 Å². The summed E-state index contributed by atoms with van der Waals surface area (Å²) in [6.45, 7) is 2.82. The van der Waals surface area contributed by atoms with Crippen molar-refractivity contribution in [2.75, 3.05) is 13.2 Å². The van der Waals surface area contributed by atoms with E-state index in [1.165, 1.54) is 0 Å². The van der Waals surface area contributed by atoms with Gasteiger partial charge in [-0.1, -0.05) is 12.1 Å². The molecule has 1 aromatic rings. The van der Waals surface area contributed by atoms with E-state index in [1.807, 2.05) is 19.9 Å². The summed E-state index contributed by atoms with van der Waals surface area (Å²) in [5.41, 5.74) is 1.95. The minimum absolute atomic E-state index is 0.287. The van der Waals surface area contributed by atoms with Crippen molar-refractivity contribution in [1.29, 1.82) is 0 Å². The van der Waals surface area contributed by atoms with Crippen molar-refractivity contribution in [3.63, 3.8) is 0 Å². The molecule has 0 atom stereocenters. The maximum Gasteiger partial charge on any atom is 0.470 e. The number of carbonyl (C=O) groups excluding carboxylic acids is 1. The standard InChI is InChI=1S/C11H15O6P/c1-8-4-3-5-11(9(8)2)16-6-10(12)7-17-18(13,14)15/h3-5H,6-7H2,1-2H3,(H2,13,14,15). The van der Waals surface area contributed by atoms with Gasteiger partial charge in [-0.15, -0.1) is 0 Å². The summed E-state index contributed by atoms with van der Waals surface area (Å²) >= 11 is 0. The Bertz CT molecular complexity index is 478. The third-order valence-corrected chi connectivity index (χ3v) is 2.80. The van der Waals surface area contributed by atoms with Gasteiger partial charge in [0.15, 0.2) is 5.78 Å². The largest absolute Gasteiger partial charge is 0.485 e. The quantitative estimate of drug-likeness (QED) is 0.761. The van der Waals surface area contributed by atoms with E-state index in [9.17, 15) is 9.36 Å². The summed E-state index contributed by atoms with van der Waals surface area (Å²) in [4.78, 5) is 28.1. The van der Waals surface area contributed by atoms with Crippen LogP contribution in [0.4, 0.5) is 0 Å². The lowest BCUT2D eigenvalue weighted by Crippen LogP contribution is -2.17. The number of hydrogen-bond donors (Lipinski definition) is 2. The third kappa shape index (κ3) is 4.98. The molecule has 7 heteroatoms. The van der Waals surface area contributed by atoms with Gasteiger partial charge in [0.05, 0.1) is 0 Å². The van der Waals surface area contributed by atoms with Crippen LogP contribution in [0.1, 0.15) is 11.1 Å². The summed E-state index contributed by atoms with van der Waals surface area (Å²) in [5, 5.41) is 0. The van der Waals surface area contributed by atoms with E-state index >= 15 is 0 Å². The van der Waals surface area contributed by atoms with Gasteiger partial charge in [0.1, 0.15) is 19.0 Å². The molecule has 1 aromatic carbocycles. The molecular weight excluding hydrogens is 259 g/mol. The molecule has 100 valence electrons. The van der Waals surface area contributed by atoms with Gasteiger partial charge in [0.25, 0.3) is 0 Å². The van der Waals surface area contributed by atoms with E-state index in [0.29, 0.717) is 5.75 Å². The van der Waals surface area contributed by atoms with E-state index in [0.717, 1.165) is 11.1 Å². The zero-order chi connectivity index (χ0) is 13.8. The zero-order valence-electron chi connectivity index (χ0n) is 10.1. The van der Waals surface area contributed by atoms with E-state index in [1.54, 1.807) is 12.1 Å². The van der Waals surface area contributed by atoms with Crippen molar-refractivity contribution in [2.24, 2.45) is 0 Å². The van der Waals surface area contributed by atoms with Gasteiger partial charge in [0.2, 0.25) is 0 Å². The Morgan fingerprint density at radius 2 is 1.94 bits per heavy atom. The molecule has 1 rings (SSSR count). The molecule has 2 N–H and O–H groups in total. The van der Waals surface area contributed by atoms with Crippen LogP contribution in [0.5, 0.6) is 5.75 Å². The van der Waals surface area contributed by atoms with Gasteiger partial charge in [-0.2, -0.15) is 0 Å². The average molecular weight is 274 g/mol. The molecule has 0 aliphatic carbocycles. The van der Waals surface area contributed by atoms with Gasteiger partial charge in [-0.05, 0) is 31.0 Å². The van der Waals surface area contributed by atoms with Crippen LogP contribution >= 0.6 is 7.82 Å². The molecule has 0 radical (unpaired) electrons. The van der Waals surface area contributed by atoms with Crippen LogP contribution in [-0.2, 0) is 13.9 Å². The van der Waals surface area contributed by atoms with Crippen molar-refractivity contribution < 1.29 is 28.4 Å². The molecule has 0 aliphatic rings. The topological polar surface area (TPSA) is 93.1 Å². The first-order valence-corrected chi connectivity index (χ1v) is 6.73. The van der Waals surface area contributed by atoms with Crippen LogP contribution < -0.4 is 4.74 Å². The Morgan fingerprint density at radius 3 is 2.56 bits per heavy atom. The van der Waals surface area contributed by atoms with E-state index < -0.39 is 20.2 Å². The van der Waals surface area contributed by atoms with Crippen LogP contribution in [0.3, 0.4) is 0 Å². The Hall–Kier alpha value is -1.20. The molecule has 0 heterocycles. The summed E-state index contributed by atoms with van der Waals surface area (Å²) in [5.74, 6) is 0.0266. The summed E-state index contributed by atoms with van der Waals surface area (Å²) < 4.78 is 19.7. The van der Waals surface area contributed by atoms with Crippen LogP contribution in [0.2, 0.25) is 0 Å². The lowest BCUT2D eigenvalue weighted by molar-refractivity contribution is -0.123. The third-order valence-electron chi connectivity index (χ3n) is 2.34. The zero-order valence-corrected chi connectivity index (χ0v) is 11.0. The number of ether oxygens (including phenoxy) is 1. The van der Waals surface area contributed by atoms with Crippen molar-refractivity contribution in [3.05, 3.63) is 29.3 Å². The summed E-state index contributed by atoms with van der Waals surface area (Å²) in [7, 11) is -4.61. The maximum absolute atomic E-state index is 11.3. The number of Topliss-reactive ketones (excluding diaryl/α,β-unsaturated/α-hetero) is 1. The molecule has 0 saturated carbocycles. The Morgan fingerprint density at radius 1 is 1.28 bits per heavy atom. The molecular formula is C11H15O6P. The highest BCUT2D eigenvalue weighted by Gasteiger charge is 2.16. The second-order valence-electron chi connectivity index (χ2n) is 3.79. The molecule has 0 fully saturated rings. The number of aryl methyl sites for hydroxylation is 1. The van der Waals surface area contributed by atoms with Crippen molar-refractivity contribution in [1.82, 2.24) is 0 Å². The highest BCUT2D eigenvalue weighted by molar-refractivity contribution is 7.46. The predicted octanol–water partition coefficient (Wildman–Crippen LogP) is 1.36. The lowest BCUT2D eigenvalue weighted by atomic mass is 10.1. The maximum atomic E-state index is 11.3. The number of carbonyl (C=O) groups is 1. The number of rotatable bonds is 6. The molecule has 0 bridgehead atoms. The molecule has 0 aromatic heterocycles. The highest BCUT2D eigenvalue weighted by atomic mass is 31.2. The molecule has 0 aliphatic heterocycles. The first-order chi connectivity index (χ1) is 8.29. The second-order valence-corrected chi connectivity index (χ2v) is 5.03. The second kappa shape index (κ2) is 6.11. The molecule has 0 saturated heterocycles. The Kier molecular flexibility index (Phi) is 5.04. The molecule has 0 amide bonds. The monoisotopic (exact) mass is 274 g/mol. The number of benzene rings is 1. The van der Waals surface area contributed by atoms with E-state index in [-0.39, 0.29) is 6.61 Å². The number of ketones is 1. The summed E-state index contributed by atoms with van der Waals surface area (Å²) in [6.07, 6.45) is 0. The van der Waals surface area contributed by atoms with E-state index in [4.69, 9.17) is 14.5 Å². The van der Waals surface area contributed by atoms with Gasteiger partial charge in [-0.3, -0.25) is 9.32 Å². The summed E-state index contributed by atoms with van der Waals surface area (Å²) in [6, 6.07) is 5.44. The smallest absolute Gasteiger partial charge is 0.470 e. The van der Waals surface area contributed by atoms with Gasteiger partial charge >= 0.3 is 7.82 Å². The minimum Gasteiger partial charge on any atom is -0.485 e. The van der Waals surface area contributed by atoms with Crippen molar-refractivity contribution >= 4 is 13.6 Å².